The van der Waals surface area contributed by atoms with E-state index in [2.05, 4.69) is 0 Å². The summed E-state index contributed by atoms with van der Waals surface area (Å²) in [6, 6.07) is 7.10. The minimum Gasteiger partial charge on any atom is -0.497 e. The number of ether oxygens (including phenoxy) is 3. The standard InChI is InChI=1S/C19H25NO6/c1-24-14-2-4-15(5-3-14)26-12-17(21)20-9-6-13(7-10-20)18-16(19(22)23)8-11-25-18/h2-5,13,16,18H,6-12H2,1H3,(H,22,23)/t16?,18-/m0/s1. The molecule has 1 aromatic carbocycles. The van der Waals surface area contributed by atoms with Gasteiger partial charge in [-0.15, -0.1) is 0 Å². The minimum atomic E-state index is -0.779. The van der Waals surface area contributed by atoms with Crippen molar-refractivity contribution in [3.63, 3.8) is 0 Å². The van der Waals surface area contributed by atoms with Crippen LogP contribution in [0.3, 0.4) is 0 Å². The molecule has 2 fully saturated rings. The lowest BCUT2D eigenvalue weighted by Crippen LogP contribution is -2.44. The molecular weight excluding hydrogens is 338 g/mol. The van der Waals surface area contributed by atoms with Gasteiger partial charge in [-0.3, -0.25) is 9.59 Å². The number of aliphatic carboxylic acids is 1. The van der Waals surface area contributed by atoms with E-state index in [0.29, 0.717) is 31.9 Å². The van der Waals surface area contributed by atoms with Crippen LogP contribution in [-0.2, 0) is 14.3 Å². The zero-order chi connectivity index (χ0) is 18.5. The highest BCUT2D eigenvalue weighted by molar-refractivity contribution is 5.77. The SMILES string of the molecule is COc1ccc(OCC(=O)N2CCC([C@@H]3OCCC3C(=O)O)CC2)cc1. The summed E-state index contributed by atoms with van der Waals surface area (Å²) < 4.78 is 16.3. The number of amides is 1. The molecule has 2 aliphatic rings. The third-order valence-corrected chi connectivity index (χ3v) is 5.23. The van der Waals surface area contributed by atoms with Gasteiger partial charge in [0.2, 0.25) is 0 Å². The summed E-state index contributed by atoms with van der Waals surface area (Å²) in [5.74, 6) is 0.309. The number of piperidine rings is 1. The van der Waals surface area contributed by atoms with Crippen LogP contribution in [0.4, 0.5) is 0 Å². The summed E-state index contributed by atoms with van der Waals surface area (Å²) in [4.78, 5) is 25.4. The predicted molar refractivity (Wildman–Crippen MR) is 93.3 cm³/mol. The average Bonchev–Trinajstić information content (AvgIpc) is 3.17. The third kappa shape index (κ3) is 4.27. The molecule has 7 heteroatoms. The molecule has 2 heterocycles. The molecular formula is C19H25NO6. The highest BCUT2D eigenvalue weighted by atomic mass is 16.5. The normalized spacial score (nSPS) is 23.7. The maximum absolute atomic E-state index is 12.3. The van der Waals surface area contributed by atoms with Crippen molar-refractivity contribution < 1.29 is 28.9 Å². The Morgan fingerprint density at radius 3 is 2.42 bits per heavy atom. The van der Waals surface area contributed by atoms with E-state index in [4.69, 9.17) is 14.2 Å². The van der Waals surface area contributed by atoms with Gasteiger partial charge in [0.15, 0.2) is 6.61 Å². The van der Waals surface area contributed by atoms with Crippen LogP contribution in [0.5, 0.6) is 11.5 Å². The van der Waals surface area contributed by atoms with Crippen LogP contribution in [0.2, 0.25) is 0 Å². The lowest BCUT2D eigenvalue weighted by molar-refractivity contribution is -0.146. The van der Waals surface area contributed by atoms with Crippen molar-refractivity contribution in [3.8, 4) is 11.5 Å². The summed E-state index contributed by atoms with van der Waals surface area (Å²) in [5, 5.41) is 9.30. The van der Waals surface area contributed by atoms with Crippen molar-refractivity contribution in [2.75, 3.05) is 33.4 Å². The summed E-state index contributed by atoms with van der Waals surface area (Å²) >= 11 is 0. The molecule has 7 nitrogen and oxygen atoms in total. The van der Waals surface area contributed by atoms with Gasteiger partial charge >= 0.3 is 5.97 Å². The van der Waals surface area contributed by atoms with E-state index in [0.717, 1.165) is 18.6 Å². The maximum Gasteiger partial charge on any atom is 0.309 e. The molecule has 0 bridgehead atoms. The second kappa shape index (κ2) is 8.40. The van der Waals surface area contributed by atoms with Crippen LogP contribution in [-0.4, -0.2) is 61.4 Å². The Morgan fingerprint density at radius 1 is 1.15 bits per heavy atom. The van der Waals surface area contributed by atoms with Gasteiger partial charge in [-0.05, 0) is 49.4 Å². The zero-order valence-electron chi connectivity index (χ0n) is 14.9. The molecule has 1 aromatic rings. The average molecular weight is 363 g/mol. The highest BCUT2D eigenvalue weighted by Gasteiger charge is 2.40. The second-order valence-electron chi connectivity index (χ2n) is 6.75. The van der Waals surface area contributed by atoms with E-state index in [1.54, 1.807) is 36.3 Å². The number of carboxylic acids is 1. The fourth-order valence-electron chi connectivity index (χ4n) is 3.73. The van der Waals surface area contributed by atoms with Gasteiger partial charge in [-0.2, -0.15) is 0 Å². The molecule has 2 saturated heterocycles. The largest absolute Gasteiger partial charge is 0.497 e. The summed E-state index contributed by atoms with van der Waals surface area (Å²) in [6.07, 6.45) is 1.89. The number of nitrogens with zero attached hydrogens (tertiary/aromatic N) is 1. The number of likely N-dealkylation sites (tertiary alicyclic amines) is 1. The van der Waals surface area contributed by atoms with Crippen molar-refractivity contribution in [1.82, 2.24) is 4.90 Å². The number of benzene rings is 1. The van der Waals surface area contributed by atoms with E-state index >= 15 is 0 Å². The molecule has 26 heavy (non-hydrogen) atoms. The van der Waals surface area contributed by atoms with Crippen molar-refractivity contribution in [1.29, 1.82) is 0 Å². The zero-order valence-corrected chi connectivity index (χ0v) is 14.9. The molecule has 0 spiro atoms. The Bertz CT molecular complexity index is 623. The number of hydrogen-bond acceptors (Lipinski definition) is 5. The number of hydrogen-bond donors (Lipinski definition) is 1. The fourth-order valence-corrected chi connectivity index (χ4v) is 3.73. The van der Waals surface area contributed by atoms with Crippen molar-refractivity contribution in [3.05, 3.63) is 24.3 Å². The van der Waals surface area contributed by atoms with E-state index in [9.17, 15) is 14.7 Å². The number of methoxy groups -OCH3 is 1. The first kappa shape index (κ1) is 18.5. The van der Waals surface area contributed by atoms with Gasteiger partial charge in [0, 0.05) is 19.7 Å². The molecule has 0 aromatic heterocycles. The van der Waals surface area contributed by atoms with Gasteiger partial charge in [-0.1, -0.05) is 0 Å². The number of carbonyl (C=O) groups is 2. The molecule has 0 saturated carbocycles. The van der Waals surface area contributed by atoms with Gasteiger partial charge in [-0.25, -0.2) is 0 Å². The van der Waals surface area contributed by atoms with Crippen LogP contribution >= 0.6 is 0 Å². The van der Waals surface area contributed by atoms with Gasteiger partial charge in [0.05, 0.1) is 19.1 Å². The first-order chi connectivity index (χ1) is 12.6. The quantitative estimate of drug-likeness (QED) is 0.830. The lowest BCUT2D eigenvalue weighted by atomic mass is 9.84. The summed E-state index contributed by atoms with van der Waals surface area (Å²) in [6.45, 7) is 1.73. The smallest absolute Gasteiger partial charge is 0.309 e. The molecule has 142 valence electrons. The van der Waals surface area contributed by atoms with Crippen molar-refractivity contribution in [2.45, 2.75) is 25.4 Å². The van der Waals surface area contributed by atoms with E-state index in [-0.39, 0.29) is 24.5 Å². The topological polar surface area (TPSA) is 85.3 Å². The minimum absolute atomic E-state index is 0.00528. The Hall–Kier alpha value is -2.28. The van der Waals surface area contributed by atoms with Crippen LogP contribution in [0.25, 0.3) is 0 Å². The Balaban J connectivity index is 1.45. The molecule has 1 N–H and O–H groups in total. The van der Waals surface area contributed by atoms with Gasteiger partial charge < -0.3 is 24.2 Å². The summed E-state index contributed by atoms with van der Waals surface area (Å²) in [5.41, 5.74) is 0. The first-order valence-corrected chi connectivity index (χ1v) is 8.97. The lowest BCUT2D eigenvalue weighted by Gasteiger charge is -2.35. The number of carboxylic acid groups (broad SMARTS) is 1. The molecule has 0 aliphatic carbocycles. The fraction of sp³-hybridized carbons (Fsp3) is 0.579. The monoisotopic (exact) mass is 363 g/mol. The van der Waals surface area contributed by atoms with Crippen LogP contribution in [0, 0.1) is 11.8 Å². The van der Waals surface area contributed by atoms with Gasteiger partial charge in [0.1, 0.15) is 11.5 Å². The molecule has 2 atom stereocenters. The molecule has 3 rings (SSSR count). The number of rotatable bonds is 6. The van der Waals surface area contributed by atoms with Gasteiger partial charge in [0.25, 0.3) is 5.91 Å². The highest BCUT2D eigenvalue weighted by Crippen LogP contribution is 2.33. The third-order valence-electron chi connectivity index (χ3n) is 5.23. The maximum atomic E-state index is 12.3. The number of carbonyl (C=O) groups excluding carboxylic acids is 1. The van der Waals surface area contributed by atoms with E-state index in [1.165, 1.54) is 0 Å². The Kier molecular flexibility index (Phi) is 5.98. The van der Waals surface area contributed by atoms with Crippen molar-refractivity contribution in [2.24, 2.45) is 11.8 Å². The Labute approximate surface area is 152 Å². The molecule has 0 radical (unpaired) electrons. The first-order valence-electron chi connectivity index (χ1n) is 8.97. The van der Waals surface area contributed by atoms with Crippen LogP contribution in [0.15, 0.2) is 24.3 Å². The predicted octanol–water partition coefficient (Wildman–Crippen LogP) is 1.80. The summed E-state index contributed by atoms with van der Waals surface area (Å²) in [7, 11) is 1.60. The van der Waals surface area contributed by atoms with Crippen LogP contribution < -0.4 is 9.47 Å². The van der Waals surface area contributed by atoms with Crippen molar-refractivity contribution >= 4 is 11.9 Å². The van der Waals surface area contributed by atoms with E-state index < -0.39 is 11.9 Å². The van der Waals surface area contributed by atoms with E-state index in [1.807, 2.05) is 0 Å². The Morgan fingerprint density at radius 2 is 1.81 bits per heavy atom. The molecule has 2 aliphatic heterocycles. The second-order valence-corrected chi connectivity index (χ2v) is 6.75. The molecule has 1 unspecified atom stereocenters. The van der Waals surface area contributed by atoms with Crippen LogP contribution in [0.1, 0.15) is 19.3 Å². The molecule has 1 amide bonds.